The summed E-state index contributed by atoms with van der Waals surface area (Å²) in [4.78, 5) is 27.4. The number of piperidine rings is 1. The third-order valence-corrected chi connectivity index (χ3v) is 3.78. The van der Waals surface area contributed by atoms with Gasteiger partial charge in [-0.25, -0.2) is 4.98 Å². The first kappa shape index (κ1) is 13.9. The van der Waals surface area contributed by atoms with E-state index in [1.54, 1.807) is 0 Å². The van der Waals surface area contributed by atoms with Crippen LogP contribution in [0.5, 0.6) is 0 Å². The van der Waals surface area contributed by atoms with Crippen molar-refractivity contribution in [3.05, 3.63) is 11.5 Å². The Morgan fingerprint density at radius 2 is 2.37 bits per heavy atom. The van der Waals surface area contributed by atoms with E-state index in [1.807, 2.05) is 13.8 Å². The minimum Gasteiger partial charge on any atom is -0.437 e. The lowest BCUT2D eigenvalue weighted by Gasteiger charge is -2.22. The molecule has 0 radical (unpaired) electrons. The van der Waals surface area contributed by atoms with E-state index in [2.05, 4.69) is 15.6 Å². The van der Waals surface area contributed by atoms with Crippen molar-refractivity contribution in [1.82, 2.24) is 15.6 Å². The van der Waals surface area contributed by atoms with Gasteiger partial charge in [0.15, 0.2) is 0 Å². The van der Waals surface area contributed by atoms with Gasteiger partial charge in [-0.15, -0.1) is 0 Å². The maximum atomic E-state index is 11.7. The number of nitrogens with one attached hydrogen (secondary N) is 2. The molecule has 2 heterocycles. The summed E-state index contributed by atoms with van der Waals surface area (Å²) in [5.41, 5.74) is 0.828. The van der Waals surface area contributed by atoms with E-state index in [9.17, 15) is 9.59 Å². The van der Waals surface area contributed by atoms with Gasteiger partial charge in [-0.2, -0.15) is 0 Å². The number of aromatic nitrogens is 1. The Bertz CT molecular complexity index is 467. The van der Waals surface area contributed by atoms with Crippen LogP contribution in [0.15, 0.2) is 9.64 Å². The van der Waals surface area contributed by atoms with Crippen molar-refractivity contribution in [2.24, 2.45) is 0 Å². The molecule has 0 bridgehead atoms. The number of hydrogen-bond acceptors (Lipinski definition) is 5. The lowest BCUT2D eigenvalue weighted by atomic mass is 10.1. The third-order valence-electron chi connectivity index (χ3n) is 2.96. The molecular formula is C12H17N3O3S. The van der Waals surface area contributed by atoms with Crippen LogP contribution in [0.25, 0.3) is 0 Å². The van der Waals surface area contributed by atoms with Crippen LogP contribution in [0.1, 0.15) is 24.3 Å². The van der Waals surface area contributed by atoms with Crippen LogP contribution in [-0.2, 0) is 9.59 Å². The minimum atomic E-state index is -0.408. The van der Waals surface area contributed by atoms with Crippen molar-refractivity contribution in [2.45, 2.75) is 38.0 Å². The summed E-state index contributed by atoms with van der Waals surface area (Å²) >= 11 is 1.23. The van der Waals surface area contributed by atoms with Gasteiger partial charge in [-0.1, -0.05) is 11.8 Å². The van der Waals surface area contributed by atoms with Gasteiger partial charge in [0.1, 0.15) is 11.8 Å². The molecule has 1 aliphatic heterocycles. The van der Waals surface area contributed by atoms with Crippen LogP contribution in [0.2, 0.25) is 0 Å². The minimum absolute atomic E-state index is 0.104. The lowest BCUT2D eigenvalue weighted by molar-refractivity contribution is -0.129. The predicted molar refractivity (Wildman–Crippen MR) is 70.9 cm³/mol. The van der Waals surface area contributed by atoms with Crippen molar-refractivity contribution in [3.63, 3.8) is 0 Å². The van der Waals surface area contributed by atoms with Gasteiger partial charge in [0, 0.05) is 6.54 Å². The van der Waals surface area contributed by atoms with E-state index in [1.165, 1.54) is 11.8 Å². The summed E-state index contributed by atoms with van der Waals surface area (Å²) < 4.78 is 5.37. The van der Waals surface area contributed by atoms with Gasteiger partial charge in [0.2, 0.25) is 11.8 Å². The van der Waals surface area contributed by atoms with Gasteiger partial charge in [0.25, 0.3) is 5.22 Å². The van der Waals surface area contributed by atoms with Crippen LogP contribution >= 0.6 is 11.8 Å². The second-order valence-electron chi connectivity index (χ2n) is 4.46. The maximum absolute atomic E-state index is 11.7. The first-order valence-electron chi connectivity index (χ1n) is 6.20. The van der Waals surface area contributed by atoms with Crippen LogP contribution in [0.4, 0.5) is 0 Å². The lowest BCUT2D eigenvalue weighted by Crippen LogP contribution is -2.50. The fourth-order valence-corrected chi connectivity index (χ4v) is 2.50. The smallest absolute Gasteiger partial charge is 0.256 e. The molecule has 104 valence electrons. The summed E-state index contributed by atoms with van der Waals surface area (Å²) in [6.07, 6.45) is 1.58. The molecular weight excluding hydrogens is 266 g/mol. The summed E-state index contributed by atoms with van der Waals surface area (Å²) in [7, 11) is 0. The summed E-state index contributed by atoms with van der Waals surface area (Å²) in [5, 5.41) is 5.93. The first-order chi connectivity index (χ1) is 9.06. The Kier molecular flexibility index (Phi) is 4.47. The number of rotatable bonds is 4. The molecule has 6 nitrogen and oxygen atoms in total. The van der Waals surface area contributed by atoms with Gasteiger partial charge < -0.3 is 15.1 Å². The van der Waals surface area contributed by atoms with Gasteiger partial charge in [-0.05, 0) is 26.7 Å². The molecule has 2 rings (SSSR count). The second kappa shape index (κ2) is 6.10. The molecule has 0 aromatic carbocycles. The summed E-state index contributed by atoms with van der Waals surface area (Å²) in [6, 6.07) is -0.408. The van der Waals surface area contributed by atoms with E-state index in [0.717, 1.165) is 17.9 Å². The van der Waals surface area contributed by atoms with Crippen molar-refractivity contribution in [1.29, 1.82) is 0 Å². The number of oxazole rings is 1. The molecule has 0 saturated carbocycles. The maximum Gasteiger partial charge on any atom is 0.256 e. The van der Waals surface area contributed by atoms with E-state index < -0.39 is 6.04 Å². The molecule has 1 aromatic rings. The highest BCUT2D eigenvalue weighted by Gasteiger charge is 2.23. The number of carbonyl (C=O) groups excluding carboxylic acids is 2. The molecule has 19 heavy (non-hydrogen) atoms. The normalized spacial score (nSPS) is 19.1. The van der Waals surface area contributed by atoms with Crippen molar-refractivity contribution >= 4 is 23.6 Å². The standard InChI is InChI=1S/C12H17N3O3S/c1-7-8(2)18-12(14-7)19-6-10(16)15-9-4-3-5-13-11(9)17/h9H,3-6H2,1-2H3,(H,13,17)(H,15,16)/t9-/m0/s1. The average Bonchev–Trinajstić information content (AvgIpc) is 2.69. The molecule has 2 amide bonds. The fraction of sp³-hybridized carbons (Fsp3) is 0.583. The highest BCUT2D eigenvalue weighted by molar-refractivity contribution is 7.99. The Balaban J connectivity index is 1.79. The number of thioether (sulfide) groups is 1. The van der Waals surface area contributed by atoms with E-state index in [-0.39, 0.29) is 17.6 Å². The quantitative estimate of drug-likeness (QED) is 0.798. The molecule has 2 N–H and O–H groups in total. The number of amides is 2. The van der Waals surface area contributed by atoms with Gasteiger partial charge in [0.05, 0.1) is 11.4 Å². The predicted octanol–water partition coefficient (Wildman–Crippen LogP) is 0.778. The fourth-order valence-electron chi connectivity index (χ4n) is 1.78. The zero-order valence-corrected chi connectivity index (χ0v) is 11.8. The average molecular weight is 283 g/mol. The van der Waals surface area contributed by atoms with Gasteiger partial charge in [-0.3, -0.25) is 9.59 Å². The monoisotopic (exact) mass is 283 g/mol. The number of hydrogen-bond donors (Lipinski definition) is 2. The van der Waals surface area contributed by atoms with Crippen LogP contribution in [-0.4, -0.2) is 35.1 Å². The van der Waals surface area contributed by atoms with Crippen LogP contribution < -0.4 is 10.6 Å². The molecule has 7 heteroatoms. The van der Waals surface area contributed by atoms with Crippen LogP contribution in [0.3, 0.4) is 0 Å². The molecule has 0 aliphatic carbocycles. The van der Waals surface area contributed by atoms with E-state index in [0.29, 0.717) is 18.2 Å². The summed E-state index contributed by atoms with van der Waals surface area (Å²) in [6.45, 7) is 4.38. The summed E-state index contributed by atoms with van der Waals surface area (Å²) in [5.74, 6) is 0.672. The van der Waals surface area contributed by atoms with E-state index in [4.69, 9.17) is 4.42 Å². The highest BCUT2D eigenvalue weighted by Crippen LogP contribution is 2.19. The molecule has 1 atom stereocenters. The third kappa shape index (κ3) is 3.73. The van der Waals surface area contributed by atoms with Crippen molar-refractivity contribution < 1.29 is 14.0 Å². The molecule has 0 unspecified atom stereocenters. The number of carbonyl (C=O) groups is 2. The molecule has 0 spiro atoms. The highest BCUT2D eigenvalue weighted by atomic mass is 32.2. The zero-order chi connectivity index (χ0) is 13.8. The molecule has 1 fully saturated rings. The zero-order valence-electron chi connectivity index (χ0n) is 11.0. The van der Waals surface area contributed by atoms with E-state index >= 15 is 0 Å². The van der Waals surface area contributed by atoms with Crippen LogP contribution in [0, 0.1) is 13.8 Å². The Morgan fingerprint density at radius 3 is 3.00 bits per heavy atom. The largest absolute Gasteiger partial charge is 0.437 e. The Hall–Kier alpha value is -1.50. The Labute approximate surface area is 115 Å². The van der Waals surface area contributed by atoms with Gasteiger partial charge >= 0.3 is 0 Å². The molecule has 1 saturated heterocycles. The van der Waals surface area contributed by atoms with Crippen molar-refractivity contribution in [3.8, 4) is 0 Å². The molecule has 1 aromatic heterocycles. The first-order valence-corrected chi connectivity index (χ1v) is 7.18. The number of nitrogens with zero attached hydrogens (tertiary/aromatic N) is 1. The SMILES string of the molecule is Cc1nc(SCC(=O)N[C@H]2CCCNC2=O)oc1C. The second-order valence-corrected chi connectivity index (χ2v) is 5.39. The topological polar surface area (TPSA) is 84.2 Å². The number of aryl methyl sites for hydroxylation is 2. The molecule has 1 aliphatic rings. The Morgan fingerprint density at radius 1 is 1.58 bits per heavy atom. The van der Waals surface area contributed by atoms with Crippen molar-refractivity contribution in [2.75, 3.05) is 12.3 Å².